The third kappa shape index (κ3) is 4.55. The molecule has 2 aromatic heterocycles. The molecule has 0 saturated carbocycles. The number of carboxylic acids is 1. The Labute approximate surface area is 230 Å². The van der Waals surface area contributed by atoms with Gasteiger partial charge in [-0.2, -0.15) is 0 Å². The van der Waals surface area contributed by atoms with Crippen LogP contribution in [0.25, 0.3) is 11.0 Å². The molecule has 4 aromatic rings. The number of hydrogen-bond donors (Lipinski definition) is 1. The summed E-state index contributed by atoms with van der Waals surface area (Å²) in [5.74, 6) is 1.17. The molecule has 2 aliphatic rings. The van der Waals surface area contributed by atoms with Crippen LogP contribution in [0.5, 0.6) is 17.2 Å². The van der Waals surface area contributed by atoms with E-state index in [2.05, 4.69) is 16.0 Å². The third-order valence-electron chi connectivity index (χ3n) is 7.71. The number of rotatable bonds is 6. The largest absolute Gasteiger partial charge is 0.494 e. The van der Waals surface area contributed by atoms with Crippen LogP contribution in [0.2, 0.25) is 5.02 Å². The van der Waals surface area contributed by atoms with Gasteiger partial charge in [-0.1, -0.05) is 23.7 Å². The molecular weight excluding hydrogens is 520 g/mol. The van der Waals surface area contributed by atoms with Gasteiger partial charge >= 0.3 is 5.97 Å². The fourth-order valence-corrected chi connectivity index (χ4v) is 5.66. The van der Waals surface area contributed by atoms with E-state index in [-0.39, 0.29) is 5.56 Å². The molecule has 10 heteroatoms. The number of likely N-dealkylation sites (tertiary alicyclic amines) is 1. The number of aromatic carboxylic acids is 1. The highest BCUT2D eigenvalue weighted by molar-refractivity contribution is 6.30. The lowest BCUT2D eigenvalue weighted by Gasteiger charge is -2.32. The van der Waals surface area contributed by atoms with Gasteiger partial charge in [0.25, 0.3) is 5.79 Å². The number of halogens is 1. The number of hydrogen-bond acceptors (Lipinski definition) is 7. The first-order chi connectivity index (χ1) is 18.8. The molecule has 0 aliphatic carbocycles. The van der Waals surface area contributed by atoms with Gasteiger partial charge in [0.2, 0.25) is 0 Å². The smallest absolute Gasteiger partial charge is 0.335 e. The summed E-state index contributed by atoms with van der Waals surface area (Å²) in [5.41, 5.74) is 3.41. The Morgan fingerprint density at radius 1 is 1.21 bits per heavy atom. The summed E-state index contributed by atoms with van der Waals surface area (Å²) in [7, 11) is 3.45. The lowest BCUT2D eigenvalue weighted by atomic mass is 9.88. The molecule has 0 bridgehead atoms. The van der Waals surface area contributed by atoms with Gasteiger partial charge in [-0.3, -0.25) is 9.88 Å². The molecule has 2 aromatic carbocycles. The van der Waals surface area contributed by atoms with E-state index in [0.29, 0.717) is 34.4 Å². The van der Waals surface area contributed by atoms with Gasteiger partial charge in [0.1, 0.15) is 22.8 Å². The fraction of sp³-hybridized carbons (Fsp3) is 0.345. The van der Waals surface area contributed by atoms with Crippen molar-refractivity contribution in [2.75, 3.05) is 20.2 Å². The number of pyridine rings is 1. The van der Waals surface area contributed by atoms with E-state index in [1.807, 2.05) is 36.7 Å². The summed E-state index contributed by atoms with van der Waals surface area (Å²) in [5, 5.41) is 10.0. The van der Waals surface area contributed by atoms with Crippen LogP contribution in [0.4, 0.5) is 0 Å². The van der Waals surface area contributed by atoms with E-state index < -0.39 is 11.8 Å². The van der Waals surface area contributed by atoms with Crippen LogP contribution in [0.3, 0.4) is 0 Å². The Bertz CT molecular complexity index is 1560. The maximum atomic E-state index is 11.6. The van der Waals surface area contributed by atoms with Crippen LogP contribution in [-0.4, -0.2) is 50.7 Å². The quantitative estimate of drug-likeness (QED) is 0.344. The number of nitrogens with zero attached hydrogens (tertiary/aromatic N) is 4. The zero-order chi connectivity index (χ0) is 27.3. The molecule has 0 spiro atoms. The molecule has 1 atom stereocenters. The van der Waals surface area contributed by atoms with Crippen LogP contribution < -0.4 is 14.2 Å². The first-order valence-corrected chi connectivity index (χ1v) is 13.3. The Morgan fingerprint density at radius 2 is 2.00 bits per heavy atom. The van der Waals surface area contributed by atoms with Crippen molar-refractivity contribution in [3.05, 3.63) is 76.3 Å². The predicted octanol–water partition coefficient (Wildman–Crippen LogP) is 5.35. The van der Waals surface area contributed by atoms with E-state index in [4.69, 9.17) is 30.8 Å². The molecule has 1 N–H and O–H groups in total. The molecule has 6 rings (SSSR count). The van der Waals surface area contributed by atoms with Crippen molar-refractivity contribution in [1.29, 1.82) is 0 Å². The number of carboxylic acid groups (broad SMARTS) is 1. The molecule has 39 heavy (non-hydrogen) atoms. The number of imidazole rings is 1. The summed E-state index contributed by atoms with van der Waals surface area (Å²) in [4.78, 5) is 23.2. The normalized spacial score (nSPS) is 19.5. The van der Waals surface area contributed by atoms with Crippen molar-refractivity contribution >= 4 is 28.6 Å². The predicted molar refractivity (Wildman–Crippen MR) is 146 cm³/mol. The number of carbonyl (C=O) groups is 1. The number of aromatic nitrogens is 3. The molecule has 1 fully saturated rings. The minimum atomic E-state index is -1.01. The monoisotopic (exact) mass is 548 g/mol. The van der Waals surface area contributed by atoms with Gasteiger partial charge in [-0.15, -0.1) is 0 Å². The number of benzene rings is 2. The van der Waals surface area contributed by atoms with Crippen LogP contribution in [0.15, 0.2) is 48.7 Å². The van der Waals surface area contributed by atoms with Crippen LogP contribution in [-0.2, 0) is 19.4 Å². The summed E-state index contributed by atoms with van der Waals surface area (Å²) >= 11 is 6.02. The summed E-state index contributed by atoms with van der Waals surface area (Å²) in [6, 6.07) is 12.9. The average Bonchev–Trinajstić information content (AvgIpc) is 3.45. The number of methoxy groups -OCH3 is 1. The second-order valence-corrected chi connectivity index (χ2v) is 10.6. The molecule has 0 amide bonds. The lowest BCUT2D eigenvalue weighted by molar-refractivity contribution is -0.0722. The van der Waals surface area contributed by atoms with E-state index in [1.54, 1.807) is 18.3 Å². The zero-order valence-corrected chi connectivity index (χ0v) is 22.7. The van der Waals surface area contributed by atoms with Gasteiger partial charge < -0.3 is 23.9 Å². The van der Waals surface area contributed by atoms with Gasteiger partial charge in [0.05, 0.1) is 29.8 Å². The molecule has 2 aliphatic heterocycles. The molecule has 4 heterocycles. The van der Waals surface area contributed by atoms with E-state index in [9.17, 15) is 9.90 Å². The maximum Gasteiger partial charge on any atom is 0.335 e. The van der Waals surface area contributed by atoms with Crippen molar-refractivity contribution in [2.24, 2.45) is 7.05 Å². The average molecular weight is 549 g/mol. The Kier molecular flexibility index (Phi) is 6.35. The molecule has 0 radical (unpaired) electrons. The highest BCUT2D eigenvalue weighted by atomic mass is 35.5. The molecule has 202 valence electrons. The van der Waals surface area contributed by atoms with Crippen LogP contribution in [0.1, 0.15) is 53.1 Å². The second-order valence-electron chi connectivity index (χ2n) is 10.2. The van der Waals surface area contributed by atoms with Crippen LogP contribution >= 0.6 is 11.6 Å². The first kappa shape index (κ1) is 25.5. The molecule has 1 saturated heterocycles. The minimum absolute atomic E-state index is 0.180. The van der Waals surface area contributed by atoms with E-state index >= 15 is 0 Å². The Hall–Kier alpha value is -3.82. The molecule has 0 unspecified atom stereocenters. The summed E-state index contributed by atoms with van der Waals surface area (Å²) < 4.78 is 20.1. The van der Waals surface area contributed by atoms with Crippen LogP contribution in [0, 0.1) is 0 Å². The van der Waals surface area contributed by atoms with Gasteiger partial charge in [0, 0.05) is 25.7 Å². The van der Waals surface area contributed by atoms with E-state index in [0.717, 1.165) is 54.3 Å². The number of aryl methyl sites for hydroxylation is 1. The number of fused-ring (bicyclic) bond motifs is 2. The van der Waals surface area contributed by atoms with Crippen molar-refractivity contribution in [1.82, 2.24) is 19.4 Å². The van der Waals surface area contributed by atoms with Gasteiger partial charge in [-0.25, -0.2) is 9.78 Å². The SMILES string of the molecule is COc1cc(C(=O)O)cc2c1nc(CN1CCC(c3cccc4c3O[C@@](C)(c3ccc(Cl)cn3)O4)CC1)n2C. The van der Waals surface area contributed by atoms with Crippen molar-refractivity contribution < 1.29 is 24.1 Å². The first-order valence-electron chi connectivity index (χ1n) is 12.9. The number of para-hydroxylation sites is 1. The van der Waals surface area contributed by atoms with Crippen molar-refractivity contribution in [3.8, 4) is 17.2 Å². The standard InChI is InChI=1S/C29H29ClN4O5/c1-29(24-8-7-19(30)15-31-24)38-22-6-4-5-20(27(22)39-29)17-9-11-34(12-10-17)16-25-32-26-21(33(25)2)13-18(28(35)36)14-23(26)37-3/h4-8,13-15,17H,9-12,16H2,1-3H3,(H,35,36)/t29-/m0/s1. The third-order valence-corrected chi connectivity index (χ3v) is 7.93. The van der Waals surface area contributed by atoms with Crippen molar-refractivity contribution in [2.45, 2.75) is 38.0 Å². The van der Waals surface area contributed by atoms with E-state index in [1.165, 1.54) is 13.2 Å². The summed E-state index contributed by atoms with van der Waals surface area (Å²) in [6.07, 6.45) is 3.53. The lowest BCUT2D eigenvalue weighted by Crippen LogP contribution is -2.34. The van der Waals surface area contributed by atoms with Gasteiger partial charge in [0.15, 0.2) is 11.5 Å². The fourth-order valence-electron chi connectivity index (χ4n) is 5.55. The molecule has 9 nitrogen and oxygen atoms in total. The zero-order valence-electron chi connectivity index (χ0n) is 22.0. The number of piperidine rings is 1. The minimum Gasteiger partial charge on any atom is -0.494 e. The molecular formula is C29H29ClN4O5. The number of ether oxygens (including phenoxy) is 3. The highest BCUT2D eigenvalue weighted by Gasteiger charge is 2.42. The maximum absolute atomic E-state index is 11.6. The summed E-state index contributed by atoms with van der Waals surface area (Å²) in [6.45, 7) is 4.33. The second kappa shape index (κ2) is 9.73. The van der Waals surface area contributed by atoms with Crippen molar-refractivity contribution in [3.63, 3.8) is 0 Å². The Morgan fingerprint density at radius 3 is 2.69 bits per heavy atom. The topological polar surface area (TPSA) is 98.9 Å². The highest BCUT2D eigenvalue weighted by Crippen LogP contribution is 2.49. The Balaban J connectivity index is 1.17. The van der Waals surface area contributed by atoms with Gasteiger partial charge in [-0.05, 0) is 62.2 Å².